The lowest BCUT2D eigenvalue weighted by atomic mass is 10.1. The van der Waals surface area contributed by atoms with E-state index in [-0.39, 0.29) is 45.6 Å². The number of aromatic carboxylic acids is 1. The number of anilines is 1. The molecular weight excluding hydrogens is 532 g/mol. The first kappa shape index (κ1) is 29.3. The average molecular weight is 569 g/mol. The van der Waals surface area contributed by atoms with Crippen LogP contribution in [0.4, 0.5) is 5.69 Å². The maximum Gasteiger partial charge on any atom is 0.356 e. The van der Waals surface area contributed by atoms with Crippen LogP contribution in [-0.2, 0) is 14.8 Å². The molecule has 10 nitrogen and oxygen atoms in total. The van der Waals surface area contributed by atoms with Gasteiger partial charge in [-0.25, -0.2) is 17.9 Å². The van der Waals surface area contributed by atoms with Gasteiger partial charge in [-0.2, -0.15) is 9.78 Å². The van der Waals surface area contributed by atoms with Gasteiger partial charge < -0.3 is 15.2 Å². The van der Waals surface area contributed by atoms with Gasteiger partial charge in [-0.3, -0.25) is 4.79 Å². The number of benzene rings is 2. The highest BCUT2D eigenvalue weighted by atomic mass is 32.2. The Bertz CT molecular complexity index is 1540. The lowest BCUT2D eigenvalue weighted by Crippen LogP contribution is -2.32. The molecule has 1 aromatic heterocycles. The number of carboxylic acids is 1. The molecule has 0 aliphatic heterocycles. The van der Waals surface area contributed by atoms with E-state index in [9.17, 15) is 23.1 Å². The van der Waals surface area contributed by atoms with Gasteiger partial charge in [-0.15, -0.1) is 0 Å². The zero-order valence-electron chi connectivity index (χ0n) is 23.4. The standard InChI is InChI=1S/C29H36N4O6S/c1-6-19(4)32-40(37,38)25-16-22(30-27(34)21-9-7-8-10-21)13-14-24(25)39-28-20(5)26(29(35)36)31-33(28)23-15-17(2)11-12-18(23)3/h11-16,19,21,32H,6-10H2,1-5H3,(H,30,34)(H,35,36)/t19-/m0/s1. The quantitative estimate of drug-likeness (QED) is 0.294. The van der Waals surface area contributed by atoms with Crippen LogP contribution in [0, 0.1) is 26.7 Å². The van der Waals surface area contributed by atoms with Crippen molar-refractivity contribution in [1.82, 2.24) is 14.5 Å². The van der Waals surface area contributed by atoms with Gasteiger partial charge in [0.1, 0.15) is 10.6 Å². The normalized spacial score (nSPS) is 14.7. The summed E-state index contributed by atoms with van der Waals surface area (Å²) in [7, 11) is -4.09. The molecule has 4 rings (SSSR count). The minimum Gasteiger partial charge on any atom is -0.476 e. The van der Waals surface area contributed by atoms with Gasteiger partial charge in [0.15, 0.2) is 5.69 Å². The molecule has 1 aliphatic carbocycles. The topological polar surface area (TPSA) is 140 Å². The molecule has 0 radical (unpaired) electrons. The fourth-order valence-corrected chi connectivity index (χ4v) is 6.22. The molecule has 3 aromatic rings. The number of carbonyl (C=O) groups excluding carboxylic acids is 1. The first-order valence-corrected chi connectivity index (χ1v) is 14.9. The summed E-state index contributed by atoms with van der Waals surface area (Å²) in [6.07, 6.45) is 4.17. The van der Waals surface area contributed by atoms with Gasteiger partial charge in [0.2, 0.25) is 21.8 Å². The molecule has 1 heterocycles. The fourth-order valence-electron chi connectivity index (χ4n) is 4.74. The van der Waals surface area contributed by atoms with Crippen LogP contribution in [0.25, 0.3) is 5.69 Å². The van der Waals surface area contributed by atoms with Crippen molar-refractivity contribution in [2.45, 2.75) is 77.7 Å². The predicted molar refractivity (Wildman–Crippen MR) is 152 cm³/mol. The fraction of sp³-hybridized carbons (Fsp3) is 0.414. The Morgan fingerprint density at radius 2 is 1.82 bits per heavy atom. The van der Waals surface area contributed by atoms with Crippen LogP contribution in [0.1, 0.15) is 73.1 Å². The van der Waals surface area contributed by atoms with Gasteiger partial charge in [0, 0.05) is 23.2 Å². The monoisotopic (exact) mass is 568 g/mol. The minimum atomic E-state index is -4.09. The highest BCUT2D eigenvalue weighted by molar-refractivity contribution is 7.89. The number of nitrogens with one attached hydrogen (secondary N) is 2. The number of hydrogen-bond donors (Lipinski definition) is 3. The summed E-state index contributed by atoms with van der Waals surface area (Å²) >= 11 is 0. The predicted octanol–water partition coefficient (Wildman–Crippen LogP) is 5.49. The Labute approximate surface area is 234 Å². The largest absolute Gasteiger partial charge is 0.476 e. The number of ether oxygens (including phenoxy) is 1. The second-order valence-corrected chi connectivity index (χ2v) is 12.1. The summed E-state index contributed by atoms with van der Waals surface area (Å²) in [5.41, 5.74) is 2.72. The third-order valence-electron chi connectivity index (χ3n) is 7.27. The Hall–Kier alpha value is -3.70. The molecule has 0 saturated heterocycles. The maximum absolute atomic E-state index is 13.5. The van der Waals surface area contributed by atoms with E-state index in [2.05, 4.69) is 15.1 Å². The van der Waals surface area contributed by atoms with E-state index < -0.39 is 16.0 Å². The number of aromatic nitrogens is 2. The molecular formula is C29H36N4O6S. The van der Waals surface area contributed by atoms with Crippen molar-refractivity contribution >= 4 is 27.6 Å². The van der Waals surface area contributed by atoms with E-state index >= 15 is 0 Å². The van der Waals surface area contributed by atoms with Crippen LogP contribution in [0.3, 0.4) is 0 Å². The Morgan fingerprint density at radius 3 is 2.48 bits per heavy atom. The van der Waals surface area contributed by atoms with Gasteiger partial charge in [0.05, 0.1) is 5.69 Å². The molecule has 1 aliphatic rings. The third kappa shape index (κ3) is 6.20. The van der Waals surface area contributed by atoms with Gasteiger partial charge >= 0.3 is 5.97 Å². The van der Waals surface area contributed by atoms with Crippen LogP contribution >= 0.6 is 0 Å². The third-order valence-corrected chi connectivity index (χ3v) is 8.88. The number of carboxylic acid groups (broad SMARTS) is 1. The van der Waals surface area contributed by atoms with E-state index in [4.69, 9.17) is 4.74 Å². The molecule has 1 fully saturated rings. The van der Waals surface area contributed by atoms with E-state index in [0.717, 1.165) is 36.8 Å². The number of carbonyl (C=O) groups is 2. The number of hydrogen-bond acceptors (Lipinski definition) is 6. The van der Waals surface area contributed by atoms with Crippen LogP contribution in [0.15, 0.2) is 41.3 Å². The van der Waals surface area contributed by atoms with Crippen LogP contribution < -0.4 is 14.8 Å². The number of nitrogens with zero attached hydrogens (tertiary/aromatic N) is 2. The zero-order valence-corrected chi connectivity index (χ0v) is 24.3. The lowest BCUT2D eigenvalue weighted by molar-refractivity contribution is -0.119. The molecule has 40 heavy (non-hydrogen) atoms. The average Bonchev–Trinajstić information content (AvgIpc) is 3.55. The van der Waals surface area contributed by atoms with Crippen molar-refractivity contribution in [3.63, 3.8) is 0 Å². The van der Waals surface area contributed by atoms with Crippen LogP contribution in [-0.4, -0.2) is 41.2 Å². The van der Waals surface area contributed by atoms with E-state index in [1.807, 2.05) is 39.0 Å². The molecule has 11 heteroatoms. The molecule has 0 spiro atoms. The van der Waals surface area contributed by atoms with Crippen molar-refractivity contribution in [3.8, 4) is 17.3 Å². The second-order valence-electron chi connectivity index (χ2n) is 10.5. The van der Waals surface area contributed by atoms with Crippen LogP contribution in [0.2, 0.25) is 0 Å². The molecule has 3 N–H and O–H groups in total. The summed E-state index contributed by atoms with van der Waals surface area (Å²) in [5.74, 6) is -1.42. The molecule has 0 bridgehead atoms. The first-order valence-electron chi connectivity index (χ1n) is 13.5. The summed E-state index contributed by atoms with van der Waals surface area (Å²) in [6.45, 7) is 8.95. The first-order chi connectivity index (χ1) is 18.9. The van der Waals surface area contributed by atoms with Crippen molar-refractivity contribution in [3.05, 3.63) is 58.8 Å². The highest BCUT2D eigenvalue weighted by Gasteiger charge is 2.28. The smallest absolute Gasteiger partial charge is 0.356 e. The molecule has 1 amide bonds. The summed E-state index contributed by atoms with van der Waals surface area (Å²) in [4.78, 5) is 24.6. The van der Waals surface area contributed by atoms with E-state index in [1.54, 1.807) is 19.9 Å². The van der Waals surface area contributed by atoms with Gasteiger partial charge in [0.25, 0.3) is 0 Å². The Balaban J connectivity index is 1.82. The Kier molecular flexibility index (Phi) is 8.65. The summed E-state index contributed by atoms with van der Waals surface area (Å²) in [5, 5.41) is 16.9. The maximum atomic E-state index is 13.5. The Morgan fingerprint density at radius 1 is 1.12 bits per heavy atom. The SMILES string of the molecule is CC[C@H](C)NS(=O)(=O)c1cc(NC(=O)C2CCCC2)ccc1Oc1c(C)c(C(=O)O)nn1-c1cc(C)ccc1C. The van der Waals surface area contributed by atoms with Gasteiger partial charge in [-0.05, 0) is 82.3 Å². The van der Waals surface area contributed by atoms with Crippen molar-refractivity contribution in [1.29, 1.82) is 0 Å². The number of aryl methyl sites for hydroxylation is 2. The van der Waals surface area contributed by atoms with E-state index in [1.165, 1.54) is 16.8 Å². The van der Waals surface area contributed by atoms with Crippen LogP contribution in [0.5, 0.6) is 11.6 Å². The zero-order chi connectivity index (χ0) is 29.2. The minimum absolute atomic E-state index is 0.0267. The number of rotatable bonds is 10. The molecule has 1 atom stereocenters. The van der Waals surface area contributed by atoms with Crippen molar-refractivity contribution in [2.24, 2.45) is 5.92 Å². The molecule has 2 aromatic carbocycles. The summed E-state index contributed by atoms with van der Waals surface area (Å²) in [6, 6.07) is 9.74. The summed E-state index contributed by atoms with van der Waals surface area (Å²) < 4.78 is 37.3. The van der Waals surface area contributed by atoms with Crippen molar-refractivity contribution < 1.29 is 27.9 Å². The second kappa shape index (κ2) is 11.8. The van der Waals surface area contributed by atoms with E-state index in [0.29, 0.717) is 17.8 Å². The molecule has 1 saturated carbocycles. The van der Waals surface area contributed by atoms with Gasteiger partial charge in [-0.1, -0.05) is 31.9 Å². The number of sulfonamides is 1. The number of amides is 1. The molecule has 0 unspecified atom stereocenters. The van der Waals surface area contributed by atoms with Crippen molar-refractivity contribution in [2.75, 3.05) is 5.32 Å². The lowest BCUT2D eigenvalue weighted by Gasteiger charge is -2.18. The molecule has 214 valence electrons. The highest BCUT2D eigenvalue weighted by Crippen LogP contribution is 2.36.